The summed E-state index contributed by atoms with van der Waals surface area (Å²) >= 11 is 0. The van der Waals surface area contributed by atoms with Gasteiger partial charge in [-0.1, -0.05) is 47.3 Å². The van der Waals surface area contributed by atoms with E-state index in [0.717, 1.165) is 17.3 Å². The van der Waals surface area contributed by atoms with Gasteiger partial charge in [-0.2, -0.15) is 0 Å². The van der Waals surface area contributed by atoms with Crippen LogP contribution in [0.2, 0.25) is 0 Å². The third kappa shape index (κ3) is 7.22. The molecule has 59 heavy (non-hydrogen) atoms. The van der Waals surface area contributed by atoms with Gasteiger partial charge in [-0.3, -0.25) is 0 Å². The van der Waals surface area contributed by atoms with Crippen molar-refractivity contribution < 1.29 is 0 Å². The molecule has 5 aromatic rings. The molecule has 266 valence electrons. The number of allylic oxidation sites excluding steroid dienone is 5. The SMILES string of the molecule is B=C(B)/C(B)=C(/B)c1c(B)c(B)c(B)c(C2=c3c(B)c(B)c(B)c(B)c3=C(c3c(B)c(B)c(-c4ccc5ccccc5c4)c(B)c3B)C/C2=C(B)\C(B)=C(\B)C#C)c1C. The van der Waals surface area contributed by atoms with Crippen molar-refractivity contribution in [2.45, 2.75) is 13.3 Å². The van der Waals surface area contributed by atoms with E-state index in [1.165, 1.54) is 153 Å². The monoisotopic (exact) mass is 739 g/mol. The predicted octanol–water partition coefficient (Wildman–Crippen LogP) is -17.9. The van der Waals surface area contributed by atoms with E-state index >= 15 is 0 Å². The van der Waals surface area contributed by atoms with Crippen molar-refractivity contribution in [3.05, 3.63) is 103 Å². The molecule has 0 saturated heterocycles. The van der Waals surface area contributed by atoms with Crippen LogP contribution in [0.15, 0.2) is 69.9 Å². The van der Waals surface area contributed by atoms with Crippen molar-refractivity contribution in [1.29, 1.82) is 0 Å². The van der Waals surface area contributed by atoms with Gasteiger partial charge < -0.3 is 0 Å². The maximum absolute atomic E-state index is 6.16. The average Bonchev–Trinajstić information content (AvgIpc) is 3.22. The van der Waals surface area contributed by atoms with Crippen molar-refractivity contribution in [2.75, 3.05) is 0 Å². The van der Waals surface area contributed by atoms with E-state index < -0.39 is 0 Å². The summed E-state index contributed by atoms with van der Waals surface area (Å²) in [7, 11) is 43.4. The van der Waals surface area contributed by atoms with E-state index in [1.807, 2.05) is 0 Å². The van der Waals surface area contributed by atoms with Gasteiger partial charge in [0, 0.05) is 0 Å². The van der Waals surface area contributed by atoms with Gasteiger partial charge in [0.1, 0.15) is 31.4 Å². The zero-order valence-electron chi connectivity index (χ0n) is 39.5. The quantitative estimate of drug-likeness (QED) is 0.120. The minimum absolute atomic E-state index is 0.808. The summed E-state index contributed by atoms with van der Waals surface area (Å²) in [4.78, 5) is 0. The summed E-state index contributed by atoms with van der Waals surface area (Å²) in [5.74, 6) is 3.01. The standard InChI is InChI=1S/C41H48B18/c1-3-18(42)27(44)26(43)17-11-16(24-34(51)31(48)21(32(49)35(24)52)15-9-8-13-6-4-5-7-14(13)10-15)23-25(36(53)39(56)38(55)33(23)50)22(17)19-12(2)20(29(46)37(54)28(19)45)30(47)40(57)41(58)59/h1,4-10,58H,11,42-57,59H2,2H3/b26-17-,27-18-,40-30-. The third-order valence-corrected chi connectivity index (χ3v) is 15.1. The first-order valence-electron chi connectivity index (χ1n) is 21.4. The van der Waals surface area contributed by atoms with Crippen LogP contribution in [0.5, 0.6) is 0 Å². The molecule has 0 fully saturated rings. The van der Waals surface area contributed by atoms with Gasteiger partial charge in [0.2, 0.25) is 0 Å². The molecule has 0 amide bonds. The van der Waals surface area contributed by atoms with E-state index in [2.05, 4.69) is 196 Å². The molecule has 0 unspecified atom stereocenters. The molecule has 0 bridgehead atoms. The number of hydrogen-bond acceptors (Lipinski definition) is 0. The first-order chi connectivity index (χ1) is 27.7. The van der Waals surface area contributed by atoms with E-state index in [1.54, 1.807) is 0 Å². The maximum atomic E-state index is 6.16. The molecular weight excluding hydrogens is 687 g/mol. The number of terminal acetylenes is 1. The minimum atomic E-state index is 0.808. The Morgan fingerprint density at radius 3 is 1.64 bits per heavy atom. The van der Waals surface area contributed by atoms with Gasteiger partial charge in [-0.05, 0) is 28.0 Å². The number of fused-ring (bicyclic) bond motifs is 2. The van der Waals surface area contributed by atoms with E-state index in [9.17, 15) is 0 Å². The second-order valence-electron chi connectivity index (χ2n) is 17.9. The van der Waals surface area contributed by atoms with E-state index in [-0.39, 0.29) is 0 Å². The van der Waals surface area contributed by atoms with Crippen LogP contribution in [-0.2, 0) is 0 Å². The van der Waals surface area contributed by atoms with Crippen LogP contribution in [0.4, 0.5) is 0 Å². The Kier molecular flexibility index (Phi) is 12.6. The van der Waals surface area contributed by atoms with Crippen LogP contribution in [0.1, 0.15) is 28.7 Å². The van der Waals surface area contributed by atoms with Crippen LogP contribution < -0.4 is 70.5 Å². The van der Waals surface area contributed by atoms with Crippen molar-refractivity contribution in [3.63, 3.8) is 0 Å². The molecule has 0 aliphatic heterocycles. The van der Waals surface area contributed by atoms with Crippen LogP contribution in [0, 0.1) is 19.3 Å². The molecule has 0 radical (unpaired) electrons. The summed E-state index contributed by atoms with van der Waals surface area (Å²) < 4.78 is 0. The summed E-state index contributed by atoms with van der Waals surface area (Å²) in [6, 6.07) is 15.6. The van der Waals surface area contributed by atoms with Crippen molar-refractivity contribution in [2.24, 2.45) is 0 Å². The van der Waals surface area contributed by atoms with Crippen molar-refractivity contribution >= 4 is 234 Å². The fourth-order valence-electron chi connectivity index (χ4n) is 10.3. The molecule has 0 atom stereocenters. The van der Waals surface area contributed by atoms with Crippen LogP contribution >= 0.6 is 0 Å². The molecule has 0 heterocycles. The zero-order chi connectivity index (χ0) is 43.7. The Balaban J connectivity index is 1.92. The number of hydrogen-bond donors (Lipinski definition) is 0. The fourth-order valence-corrected chi connectivity index (χ4v) is 10.3. The van der Waals surface area contributed by atoms with E-state index in [4.69, 9.17) is 6.42 Å². The Labute approximate surface area is 371 Å². The Hall–Kier alpha value is -4.08. The molecule has 0 saturated carbocycles. The average molecular weight is 735 g/mol. The van der Waals surface area contributed by atoms with Crippen molar-refractivity contribution in [3.8, 4) is 23.5 Å². The zero-order valence-corrected chi connectivity index (χ0v) is 39.5. The van der Waals surface area contributed by atoms with Gasteiger partial charge in [-0.15, -0.1) is 6.42 Å². The summed E-state index contributed by atoms with van der Waals surface area (Å²) in [6.07, 6.45) is 6.97. The fraction of sp³-hybridized carbons (Fsp3) is 0.0488. The topological polar surface area (TPSA) is 0 Å². The molecule has 18 heteroatoms. The van der Waals surface area contributed by atoms with E-state index in [0.29, 0.717) is 0 Å². The molecule has 1 aliphatic rings. The van der Waals surface area contributed by atoms with Gasteiger partial charge in [0.25, 0.3) is 0 Å². The van der Waals surface area contributed by atoms with Crippen LogP contribution in [-0.4, -0.2) is 146 Å². The molecule has 0 nitrogen and oxygen atoms in total. The Bertz CT molecular complexity index is 2990. The van der Waals surface area contributed by atoms with Crippen molar-refractivity contribution in [1.82, 2.24) is 0 Å². The van der Waals surface area contributed by atoms with Gasteiger partial charge >= 0.3 is 260 Å². The van der Waals surface area contributed by atoms with Gasteiger partial charge in [0.05, 0.1) is 0 Å². The van der Waals surface area contributed by atoms with Crippen LogP contribution in [0.25, 0.3) is 38.5 Å². The molecule has 0 aromatic heterocycles. The van der Waals surface area contributed by atoms with Gasteiger partial charge in [-0.25, -0.2) is 0 Å². The summed E-state index contributed by atoms with van der Waals surface area (Å²) in [6.45, 7) is 2.36. The predicted molar refractivity (Wildman–Crippen MR) is 319 cm³/mol. The Morgan fingerprint density at radius 1 is 0.576 bits per heavy atom. The number of rotatable bonds is 6. The molecule has 1 aliphatic carbocycles. The molecular formula is C41H48B18. The first kappa shape index (κ1) is 44.5. The normalized spacial score (nSPS) is 14.3. The van der Waals surface area contributed by atoms with Gasteiger partial charge in [0.15, 0.2) is 0 Å². The molecule has 5 aromatic carbocycles. The molecule has 0 N–H and O–H groups in total. The molecule has 6 rings (SSSR count). The third-order valence-electron chi connectivity index (χ3n) is 15.1. The second kappa shape index (κ2) is 16.8. The summed E-state index contributed by atoms with van der Waals surface area (Å²) in [5, 5.41) is 6.43. The second-order valence-corrected chi connectivity index (χ2v) is 17.9. The first-order valence-corrected chi connectivity index (χ1v) is 21.4. The molecule has 0 spiro atoms. The Morgan fingerprint density at radius 2 is 1.08 bits per heavy atom. The number of benzene rings is 5. The van der Waals surface area contributed by atoms with Crippen LogP contribution in [0.3, 0.4) is 0 Å². The summed E-state index contributed by atoms with van der Waals surface area (Å²) in [5.41, 5.74) is 33.2.